The van der Waals surface area contributed by atoms with Gasteiger partial charge < -0.3 is 10.0 Å². The summed E-state index contributed by atoms with van der Waals surface area (Å²) in [6.45, 7) is 9.26. The number of hydrogen-bond acceptors (Lipinski definition) is 3. The maximum atomic E-state index is 11.4. The van der Waals surface area contributed by atoms with Crippen molar-refractivity contribution in [1.82, 2.24) is 9.80 Å². The van der Waals surface area contributed by atoms with Crippen molar-refractivity contribution in [2.24, 2.45) is 11.3 Å². The largest absolute Gasteiger partial charge is 0.481 e. The average Bonchev–Trinajstić information content (AvgIpc) is 2.70. The molecule has 3 atom stereocenters. The second kappa shape index (κ2) is 5.41. The second-order valence-electron chi connectivity index (χ2n) is 7.04. The Labute approximate surface area is 116 Å². The number of hydrogen-bond donors (Lipinski definition) is 1. The number of rotatable bonds is 3. The van der Waals surface area contributed by atoms with Gasteiger partial charge in [-0.25, -0.2) is 0 Å². The Morgan fingerprint density at radius 1 is 1.32 bits per heavy atom. The van der Waals surface area contributed by atoms with Crippen molar-refractivity contribution in [3.63, 3.8) is 0 Å². The van der Waals surface area contributed by atoms with Gasteiger partial charge in [0.1, 0.15) is 0 Å². The average molecular weight is 268 g/mol. The third-order valence-corrected chi connectivity index (χ3v) is 5.41. The molecule has 1 N–H and O–H groups in total. The molecule has 0 aliphatic carbocycles. The fraction of sp³-hybridized carbons (Fsp3) is 0.933. The van der Waals surface area contributed by atoms with Crippen molar-refractivity contribution in [3.8, 4) is 0 Å². The SMILES string of the molecule is CC1CC(N2CCCC(C(C)(C)C(=O)O)C2)CN1C. The first-order chi connectivity index (χ1) is 8.82. The number of carboxylic acids is 1. The fourth-order valence-corrected chi connectivity index (χ4v) is 3.53. The molecule has 0 aromatic rings. The van der Waals surface area contributed by atoms with Crippen LogP contribution in [-0.2, 0) is 4.79 Å². The molecule has 0 aromatic carbocycles. The zero-order chi connectivity index (χ0) is 14.2. The molecule has 0 amide bonds. The predicted octanol–water partition coefficient (Wildman–Crippen LogP) is 1.90. The van der Waals surface area contributed by atoms with Crippen LogP contribution in [0.3, 0.4) is 0 Å². The van der Waals surface area contributed by atoms with Crippen LogP contribution in [-0.4, -0.2) is 59.6 Å². The van der Waals surface area contributed by atoms with Crippen LogP contribution in [0.4, 0.5) is 0 Å². The lowest BCUT2D eigenvalue weighted by Gasteiger charge is -2.41. The molecule has 2 aliphatic heterocycles. The molecule has 0 bridgehead atoms. The minimum absolute atomic E-state index is 0.278. The van der Waals surface area contributed by atoms with Crippen LogP contribution in [0, 0.1) is 11.3 Å². The van der Waals surface area contributed by atoms with E-state index in [9.17, 15) is 9.90 Å². The lowest BCUT2D eigenvalue weighted by molar-refractivity contribution is -0.151. The zero-order valence-electron chi connectivity index (χ0n) is 12.7. The molecule has 19 heavy (non-hydrogen) atoms. The Balaban J connectivity index is 2.00. The number of carbonyl (C=O) groups is 1. The highest BCUT2D eigenvalue weighted by Crippen LogP contribution is 2.36. The highest BCUT2D eigenvalue weighted by molar-refractivity contribution is 5.74. The van der Waals surface area contributed by atoms with Gasteiger partial charge in [0.15, 0.2) is 0 Å². The van der Waals surface area contributed by atoms with E-state index in [1.54, 1.807) is 0 Å². The number of likely N-dealkylation sites (tertiary alicyclic amines) is 2. The molecule has 2 fully saturated rings. The van der Waals surface area contributed by atoms with Crippen molar-refractivity contribution < 1.29 is 9.90 Å². The van der Waals surface area contributed by atoms with Gasteiger partial charge in [-0.2, -0.15) is 0 Å². The van der Waals surface area contributed by atoms with E-state index in [1.165, 1.54) is 6.42 Å². The van der Waals surface area contributed by atoms with Gasteiger partial charge in [0.05, 0.1) is 5.41 Å². The van der Waals surface area contributed by atoms with Gasteiger partial charge in [-0.3, -0.25) is 9.69 Å². The molecular weight excluding hydrogens is 240 g/mol. The summed E-state index contributed by atoms with van der Waals surface area (Å²) in [6.07, 6.45) is 3.40. The van der Waals surface area contributed by atoms with Gasteiger partial charge in [-0.1, -0.05) is 0 Å². The lowest BCUT2D eigenvalue weighted by Crippen LogP contribution is -2.49. The summed E-state index contributed by atoms with van der Waals surface area (Å²) in [5, 5.41) is 9.40. The third kappa shape index (κ3) is 2.95. The Bertz CT molecular complexity index is 333. The normalized spacial score (nSPS) is 34.6. The summed E-state index contributed by atoms with van der Waals surface area (Å²) in [4.78, 5) is 16.4. The number of aliphatic carboxylic acids is 1. The Morgan fingerprint density at radius 3 is 2.53 bits per heavy atom. The lowest BCUT2D eigenvalue weighted by atomic mass is 9.74. The molecule has 3 unspecified atom stereocenters. The molecule has 2 saturated heterocycles. The molecule has 4 heteroatoms. The first kappa shape index (κ1) is 14.8. The smallest absolute Gasteiger partial charge is 0.309 e. The van der Waals surface area contributed by atoms with Crippen molar-refractivity contribution in [1.29, 1.82) is 0 Å². The first-order valence-corrected chi connectivity index (χ1v) is 7.50. The van der Waals surface area contributed by atoms with E-state index in [0.717, 1.165) is 32.5 Å². The summed E-state index contributed by atoms with van der Waals surface area (Å²) >= 11 is 0. The molecule has 4 nitrogen and oxygen atoms in total. The van der Waals surface area contributed by atoms with Gasteiger partial charge in [-0.15, -0.1) is 0 Å². The second-order valence-corrected chi connectivity index (χ2v) is 7.04. The molecule has 0 aromatic heterocycles. The minimum atomic E-state index is -0.656. The Hall–Kier alpha value is -0.610. The van der Waals surface area contributed by atoms with Crippen LogP contribution < -0.4 is 0 Å². The van der Waals surface area contributed by atoms with Gasteiger partial charge in [0.25, 0.3) is 0 Å². The van der Waals surface area contributed by atoms with Crippen molar-refractivity contribution in [3.05, 3.63) is 0 Å². The maximum Gasteiger partial charge on any atom is 0.309 e. The van der Waals surface area contributed by atoms with E-state index in [2.05, 4.69) is 23.8 Å². The van der Waals surface area contributed by atoms with Crippen LogP contribution in [0.15, 0.2) is 0 Å². The van der Waals surface area contributed by atoms with E-state index in [0.29, 0.717) is 12.1 Å². The maximum absolute atomic E-state index is 11.4. The number of carboxylic acid groups (broad SMARTS) is 1. The summed E-state index contributed by atoms with van der Waals surface area (Å²) in [6, 6.07) is 1.27. The number of nitrogens with zero attached hydrogens (tertiary/aromatic N) is 2. The monoisotopic (exact) mass is 268 g/mol. The van der Waals surface area contributed by atoms with Crippen LogP contribution >= 0.6 is 0 Å². The van der Waals surface area contributed by atoms with Crippen LogP contribution in [0.1, 0.15) is 40.0 Å². The molecule has 110 valence electrons. The minimum Gasteiger partial charge on any atom is -0.481 e. The zero-order valence-corrected chi connectivity index (χ0v) is 12.7. The van der Waals surface area contributed by atoms with E-state index in [4.69, 9.17) is 0 Å². The molecular formula is C15H28N2O2. The Kier molecular flexibility index (Phi) is 4.21. The van der Waals surface area contributed by atoms with Gasteiger partial charge in [-0.05, 0) is 59.5 Å². The molecule has 0 spiro atoms. The van der Waals surface area contributed by atoms with Crippen LogP contribution in [0.2, 0.25) is 0 Å². The van der Waals surface area contributed by atoms with Gasteiger partial charge in [0.2, 0.25) is 0 Å². The van der Waals surface area contributed by atoms with Crippen molar-refractivity contribution in [2.45, 2.75) is 52.1 Å². The quantitative estimate of drug-likeness (QED) is 0.849. The van der Waals surface area contributed by atoms with Crippen molar-refractivity contribution in [2.75, 3.05) is 26.7 Å². The summed E-state index contributed by atoms with van der Waals surface area (Å²) in [5.41, 5.74) is -0.602. The van der Waals surface area contributed by atoms with Crippen LogP contribution in [0.25, 0.3) is 0 Å². The van der Waals surface area contributed by atoms with E-state index in [1.807, 2.05) is 13.8 Å². The first-order valence-electron chi connectivity index (χ1n) is 7.50. The summed E-state index contributed by atoms with van der Waals surface area (Å²) in [5.74, 6) is -0.378. The molecule has 0 saturated carbocycles. The molecule has 0 radical (unpaired) electrons. The van der Waals surface area contributed by atoms with Gasteiger partial charge >= 0.3 is 5.97 Å². The molecule has 2 aliphatic rings. The highest BCUT2D eigenvalue weighted by atomic mass is 16.4. The highest BCUT2D eigenvalue weighted by Gasteiger charge is 2.41. The van der Waals surface area contributed by atoms with E-state index >= 15 is 0 Å². The van der Waals surface area contributed by atoms with E-state index < -0.39 is 11.4 Å². The topological polar surface area (TPSA) is 43.8 Å². The van der Waals surface area contributed by atoms with E-state index in [-0.39, 0.29) is 5.92 Å². The van der Waals surface area contributed by atoms with Crippen LogP contribution in [0.5, 0.6) is 0 Å². The number of likely N-dealkylation sites (N-methyl/N-ethyl adjacent to an activating group) is 1. The standard InChI is InChI=1S/C15H28N2O2/c1-11-8-13(10-16(11)4)17-7-5-6-12(9-17)15(2,3)14(18)19/h11-13H,5-10H2,1-4H3,(H,18,19). The number of piperidine rings is 1. The Morgan fingerprint density at radius 2 is 2.00 bits per heavy atom. The van der Waals surface area contributed by atoms with Gasteiger partial charge in [0, 0.05) is 25.2 Å². The fourth-order valence-electron chi connectivity index (χ4n) is 3.53. The predicted molar refractivity (Wildman–Crippen MR) is 76.2 cm³/mol. The third-order valence-electron chi connectivity index (χ3n) is 5.41. The summed E-state index contributed by atoms with van der Waals surface area (Å²) in [7, 11) is 2.19. The van der Waals surface area contributed by atoms with Crippen molar-refractivity contribution >= 4 is 5.97 Å². The molecule has 2 heterocycles. The molecule has 2 rings (SSSR count). The summed E-state index contributed by atoms with van der Waals surface area (Å²) < 4.78 is 0.